The summed E-state index contributed by atoms with van der Waals surface area (Å²) in [6.45, 7) is 0. The lowest BCUT2D eigenvalue weighted by Gasteiger charge is -2.14. The molecule has 0 N–H and O–H groups in total. The van der Waals surface area contributed by atoms with Gasteiger partial charge in [-0.05, 0) is 59.2 Å². The number of fused-ring (bicyclic) bond motifs is 6. The molecule has 8 aromatic carbocycles. The second-order valence-electron chi connectivity index (χ2n) is 14.0. The van der Waals surface area contributed by atoms with Crippen molar-refractivity contribution in [3.8, 4) is 62.1 Å². The van der Waals surface area contributed by atoms with Crippen LogP contribution in [0.5, 0.6) is 0 Å². The highest BCUT2D eigenvalue weighted by Crippen LogP contribution is 2.39. The molecule has 0 saturated carbocycles. The number of para-hydroxylation sites is 3. The van der Waals surface area contributed by atoms with Gasteiger partial charge in [-0.15, -0.1) is 0 Å². The third-order valence-corrected chi connectivity index (χ3v) is 10.7. The van der Waals surface area contributed by atoms with Crippen molar-refractivity contribution in [1.29, 1.82) is 0 Å². The normalized spacial score (nSPS) is 11.6. The van der Waals surface area contributed by atoms with E-state index < -0.39 is 0 Å². The van der Waals surface area contributed by atoms with Crippen molar-refractivity contribution < 1.29 is 4.42 Å². The number of rotatable bonds is 6. The maximum Gasteiger partial charge on any atom is 0.164 e. The van der Waals surface area contributed by atoms with E-state index in [1.165, 1.54) is 27.4 Å². The molecular formula is C51H32N4O. The highest BCUT2D eigenvalue weighted by Gasteiger charge is 2.18. The van der Waals surface area contributed by atoms with Gasteiger partial charge in [-0.25, -0.2) is 15.0 Å². The van der Waals surface area contributed by atoms with E-state index in [9.17, 15) is 0 Å². The molecule has 5 heteroatoms. The molecule has 0 aliphatic heterocycles. The lowest BCUT2D eigenvalue weighted by molar-refractivity contribution is 0.669. The first kappa shape index (κ1) is 31.9. The molecule has 0 amide bonds. The van der Waals surface area contributed by atoms with Crippen LogP contribution in [0.3, 0.4) is 0 Å². The van der Waals surface area contributed by atoms with Crippen LogP contribution in [0.1, 0.15) is 0 Å². The number of hydrogen-bond acceptors (Lipinski definition) is 4. The van der Waals surface area contributed by atoms with Crippen LogP contribution in [0.15, 0.2) is 199 Å². The lowest BCUT2D eigenvalue weighted by atomic mass is 10.0. The van der Waals surface area contributed by atoms with E-state index in [-0.39, 0.29) is 0 Å². The van der Waals surface area contributed by atoms with Crippen molar-refractivity contribution in [2.45, 2.75) is 0 Å². The summed E-state index contributed by atoms with van der Waals surface area (Å²) in [4.78, 5) is 15.0. The van der Waals surface area contributed by atoms with Gasteiger partial charge in [0.1, 0.15) is 11.2 Å². The molecule has 0 spiro atoms. The molecule has 3 aromatic heterocycles. The molecule has 3 heterocycles. The van der Waals surface area contributed by atoms with Crippen LogP contribution in [0.25, 0.3) is 106 Å². The predicted molar refractivity (Wildman–Crippen MR) is 229 cm³/mol. The Morgan fingerprint density at radius 3 is 1.39 bits per heavy atom. The second-order valence-corrected chi connectivity index (χ2v) is 14.0. The zero-order valence-electron chi connectivity index (χ0n) is 30.2. The Labute approximate surface area is 322 Å². The Balaban J connectivity index is 1.01. The summed E-state index contributed by atoms with van der Waals surface area (Å²) in [6.07, 6.45) is 0. The molecule has 0 atom stereocenters. The summed E-state index contributed by atoms with van der Waals surface area (Å²) in [5, 5.41) is 4.58. The van der Waals surface area contributed by atoms with E-state index in [1.54, 1.807) is 0 Å². The Morgan fingerprint density at radius 1 is 0.321 bits per heavy atom. The first-order valence-electron chi connectivity index (χ1n) is 18.8. The fraction of sp³-hybridized carbons (Fsp3) is 0. The van der Waals surface area contributed by atoms with Crippen molar-refractivity contribution in [2.24, 2.45) is 0 Å². The van der Waals surface area contributed by atoms with Gasteiger partial charge in [-0.1, -0.05) is 152 Å². The summed E-state index contributed by atoms with van der Waals surface area (Å²) >= 11 is 0. The molecule has 262 valence electrons. The van der Waals surface area contributed by atoms with Crippen molar-refractivity contribution in [3.05, 3.63) is 194 Å². The number of hydrogen-bond donors (Lipinski definition) is 0. The maximum absolute atomic E-state index is 6.65. The average Bonchev–Trinajstić information content (AvgIpc) is 3.82. The standard InChI is InChI=1S/C51H32N4O/c1-3-13-33(14-4-1)34-23-25-36(26-24-34)50-52-49(35-15-5-2-6-16-35)53-51(54-50)38-28-30-43-42-29-27-37(31-47(42)56-48(43)32-38)39-17-7-10-20-44(39)55-45-21-11-8-18-40(45)41-19-9-12-22-46(41)55/h1-32H. The van der Waals surface area contributed by atoms with Crippen LogP contribution in [0.4, 0.5) is 0 Å². The summed E-state index contributed by atoms with van der Waals surface area (Å²) in [6, 6.07) is 67.5. The molecule has 5 nitrogen and oxygen atoms in total. The van der Waals surface area contributed by atoms with Crippen molar-refractivity contribution in [1.82, 2.24) is 19.5 Å². The van der Waals surface area contributed by atoms with Crippen LogP contribution in [-0.2, 0) is 0 Å². The number of benzene rings is 8. The van der Waals surface area contributed by atoms with Crippen LogP contribution >= 0.6 is 0 Å². The van der Waals surface area contributed by atoms with Gasteiger partial charge in [0.2, 0.25) is 0 Å². The van der Waals surface area contributed by atoms with Gasteiger partial charge in [0.05, 0.1) is 16.7 Å². The molecule has 0 fully saturated rings. The van der Waals surface area contributed by atoms with E-state index in [0.717, 1.165) is 61.0 Å². The number of nitrogens with zero attached hydrogens (tertiary/aromatic N) is 4. The fourth-order valence-electron chi connectivity index (χ4n) is 7.97. The molecule has 0 unspecified atom stereocenters. The Bertz CT molecular complexity index is 3180. The maximum atomic E-state index is 6.65. The largest absolute Gasteiger partial charge is 0.456 e. The quantitative estimate of drug-likeness (QED) is 0.172. The summed E-state index contributed by atoms with van der Waals surface area (Å²) in [5.41, 5.74) is 12.3. The van der Waals surface area contributed by atoms with Gasteiger partial charge in [0, 0.05) is 43.8 Å². The third kappa shape index (κ3) is 5.37. The summed E-state index contributed by atoms with van der Waals surface area (Å²) < 4.78 is 9.03. The molecule has 0 aliphatic carbocycles. The van der Waals surface area contributed by atoms with Crippen molar-refractivity contribution >= 4 is 43.7 Å². The first-order valence-corrected chi connectivity index (χ1v) is 18.8. The lowest BCUT2D eigenvalue weighted by Crippen LogP contribution is -2.00. The van der Waals surface area contributed by atoms with E-state index in [4.69, 9.17) is 19.4 Å². The van der Waals surface area contributed by atoms with E-state index in [0.29, 0.717) is 17.5 Å². The van der Waals surface area contributed by atoms with E-state index in [2.05, 4.69) is 156 Å². The molecule has 0 aliphatic rings. The Morgan fingerprint density at radius 2 is 0.750 bits per heavy atom. The molecule has 0 radical (unpaired) electrons. The Hall–Kier alpha value is -7.63. The smallest absolute Gasteiger partial charge is 0.164 e. The minimum absolute atomic E-state index is 0.587. The van der Waals surface area contributed by atoms with Crippen LogP contribution in [0, 0.1) is 0 Å². The monoisotopic (exact) mass is 716 g/mol. The number of furan rings is 1. The van der Waals surface area contributed by atoms with Crippen LogP contribution < -0.4 is 0 Å². The first-order chi connectivity index (χ1) is 27.7. The molecule has 0 saturated heterocycles. The second kappa shape index (κ2) is 13.0. The zero-order valence-corrected chi connectivity index (χ0v) is 30.2. The van der Waals surface area contributed by atoms with Gasteiger partial charge < -0.3 is 8.98 Å². The van der Waals surface area contributed by atoms with Gasteiger partial charge in [0.25, 0.3) is 0 Å². The van der Waals surface area contributed by atoms with Gasteiger partial charge >= 0.3 is 0 Å². The highest BCUT2D eigenvalue weighted by atomic mass is 16.3. The number of aromatic nitrogens is 4. The molecule has 11 aromatic rings. The molecule has 11 rings (SSSR count). The van der Waals surface area contributed by atoms with Crippen LogP contribution in [0.2, 0.25) is 0 Å². The Kier molecular flexibility index (Phi) is 7.42. The predicted octanol–water partition coefficient (Wildman–Crippen LogP) is 13.2. The van der Waals surface area contributed by atoms with Crippen molar-refractivity contribution in [3.63, 3.8) is 0 Å². The van der Waals surface area contributed by atoms with E-state index >= 15 is 0 Å². The highest BCUT2D eigenvalue weighted by molar-refractivity contribution is 6.10. The van der Waals surface area contributed by atoms with Gasteiger partial charge in [-0.3, -0.25) is 0 Å². The average molecular weight is 717 g/mol. The third-order valence-electron chi connectivity index (χ3n) is 10.7. The summed E-state index contributed by atoms with van der Waals surface area (Å²) in [5.74, 6) is 1.82. The molecule has 56 heavy (non-hydrogen) atoms. The van der Waals surface area contributed by atoms with Crippen molar-refractivity contribution in [2.75, 3.05) is 0 Å². The molecule has 0 bridgehead atoms. The summed E-state index contributed by atoms with van der Waals surface area (Å²) in [7, 11) is 0. The van der Waals surface area contributed by atoms with E-state index in [1.807, 2.05) is 42.5 Å². The minimum atomic E-state index is 0.587. The SMILES string of the molecule is c1ccc(-c2ccc(-c3nc(-c4ccccc4)nc(-c4ccc5c(c4)oc4cc(-c6ccccc6-n6c7ccccc7c7ccccc76)ccc45)n3)cc2)cc1. The topological polar surface area (TPSA) is 56.7 Å². The zero-order chi connectivity index (χ0) is 37.0. The van der Waals surface area contributed by atoms with Crippen LogP contribution in [-0.4, -0.2) is 19.5 Å². The van der Waals surface area contributed by atoms with Gasteiger partial charge in [0.15, 0.2) is 17.5 Å². The van der Waals surface area contributed by atoms with Gasteiger partial charge in [-0.2, -0.15) is 0 Å². The fourth-order valence-corrected chi connectivity index (χ4v) is 7.97. The minimum Gasteiger partial charge on any atom is -0.456 e. The molecular weight excluding hydrogens is 685 g/mol.